The van der Waals surface area contributed by atoms with E-state index in [1.165, 1.54) is 22.7 Å². The number of hydrogen-bond donors (Lipinski definition) is 0. The number of thiazole rings is 1. The maximum Gasteiger partial charge on any atom is 0.291 e. The molecule has 2 aromatic carbocycles. The van der Waals surface area contributed by atoms with Gasteiger partial charge in [-0.1, -0.05) is 41.1 Å². The van der Waals surface area contributed by atoms with E-state index in [1.807, 2.05) is 36.4 Å². The summed E-state index contributed by atoms with van der Waals surface area (Å²) in [5.74, 6) is 2.06. The molecule has 0 radical (unpaired) electrons. The Kier molecular flexibility index (Phi) is 5.49. The van der Waals surface area contributed by atoms with Crippen molar-refractivity contribution in [2.75, 3.05) is 25.2 Å². The third-order valence-corrected chi connectivity index (χ3v) is 8.09. The third kappa shape index (κ3) is 3.51. The smallest absolute Gasteiger partial charge is 0.291 e. The molecule has 1 aliphatic heterocycles. The molecule has 0 spiro atoms. The van der Waals surface area contributed by atoms with Crippen LogP contribution in [0, 0.1) is 0 Å². The normalized spacial score (nSPS) is 14.0. The zero-order valence-corrected chi connectivity index (χ0v) is 19.2. The quantitative estimate of drug-likeness (QED) is 0.393. The topological polar surface area (TPSA) is 52.8 Å². The Labute approximate surface area is 189 Å². The first-order valence-electron chi connectivity index (χ1n) is 9.33. The summed E-state index contributed by atoms with van der Waals surface area (Å²) in [4.78, 5) is 18.7. The standard InChI is InChI=1S/C21H17ClN2O3S3/c1-28-9-6-24-13-10-14-15(27-8-7-26-14)11-17(13)30-21(24)23-20(25)19-18(22)12-4-2-3-5-16(12)29-19/h2-5,10-11H,6-9H2,1H3. The van der Waals surface area contributed by atoms with Crippen LogP contribution in [-0.4, -0.2) is 35.7 Å². The summed E-state index contributed by atoms with van der Waals surface area (Å²) >= 11 is 11.1. The molecule has 9 heteroatoms. The summed E-state index contributed by atoms with van der Waals surface area (Å²) in [5, 5.41) is 1.36. The van der Waals surface area contributed by atoms with Crippen LogP contribution in [0.25, 0.3) is 20.3 Å². The number of nitrogens with zero attached hydrogens (tertiary/aromatic N) is 2. The van der Waals surface area contributed by atoms with Crippen LogP contribution >= 0.6 is 46.0 Å². The molecule has 30 heavy (non-hydrogen) atoms. The van der Waals surface area contributed by atoms with Crippen molar-refractivity contribution in [1.29, 1.82) is 0 Å². The number of halogens is 1. The average Bonchev–Trinajstić information content (AvgIpc) is 3.27. The second-order valence-corrected chi connectivity index (χ2v) is 10.1. The van der Waals surface area contributed by atoms with Gasteiger partial charge in [0.1, 0.15) is 18.1 Å². The summed E-state index contributed by atoms with van der Waals surface area (Å²) in [6.07, 6.45) is 2.06. The number of rotatable bonds is 4. The lowest BCUT2D eigenvalue weighted by molar-refractivity contribution is 0.100. The summed E-state index contributed by atoms with van der Waals surface area (Å²) < 4.78 is 15.5. The van der Waals surface area contributed by atoms with Crippen molar-refractivity contribution in [3.8, 4) is 11.5 Å². The van der Waals surface area contributed by atoms with E-state index in [4.69, 9.17) is 21.1 Å². The van der Waals surface area contributed by atoms with Crippen molar-refractivity contribution in [1.82, 2.24) is 4.57 Å². The number of thioether (sulfide) groups is 1. The summed E-state index contributed by atoms with van der Waals surface area (Å²) in [6, 6.07) is 11.7. The third-order valence-electron chi connectivity index (χ3n) is 4.79. The van der Waals surface area contributed by atoms with Crippen molar-refractivity contribution in [3.05, 3.63) is 51.1 Å². The number of hydrogen-bond acceptors (Lipinski definition) is 6. The van der Waals surface area contributed by atoms with Crippen molar-refractivity contribution in [2.24, 2.45) is 4.99 Å². The molecule has 154 valence electrons. The predicted molar refractivity (Wildman–Crippen MR) is 126 cm³/mol. The van der Waals surface area contributed by atoms with Crippen LogP contribution < -0.4 is 14.3 Å². The highest BCUT2D eigenvalue weighted by Gasteiger charge is 2.19. The van der Waals surface area contributed by atoms with Crippen LogP contribution in [0.3, 0.4) is 0 Å². The monoisotopic (exact) mass is 476 g/mol. The lowest BCUT2D eigenvalue weighted by Gasteiger charge is -2.18. The summed E-state index contributed by atoms with van der Waals surface area (Å²) in [6.45, 7) is 1.82. The van der Waals surface area contributed by atoms with Gasteiger partial charge in [0.2, 0.25) is 0 Å². The molecule has 0 N–H and O–H groups in total. The molecule has 0 bridgehead atoms. The zero-order chi connectivity index (χ0) is 20.7. The molecule has 0 fully saturated rings. The Balaban J connectivity index is 1.65. The van der Waals surface area contributed by atoms with Gasteiger partial charge in [-0.05, 0) is 12.3 Å². The van der Waals surface area contributed by atoms with E-state index in [9.17, 15) is 4.79 Å². The van der Waals surface area contributed by atoms with E-state index < -0.39 is 0 Å². The number of carbonyl (C=O) groups is 1. The highest BCUT2D eigenvalue weighted by atomic mass is 35.5. The number of fused-ring (bicyclic) bond motifs is 3. The first-order chi connectivity index (χ1) is 14.7. The Bertz CT molecular complexity index is 1340. The highest BCUT2D eigenvalue weighted by molar-refractivity contribution is 7.98. The Hall–Kier alpha value is -2.00. The SMILES string of the molecule is CSCCn1c(=NC(=O)c2sc3ccccc3c2Cl)sc2cc3c(cc21)OCCO3. The number of carbonyl (C=O) groups excluding carboxylic acids is 1. The van der Waals surface area contributed by atoms with Crippen LogP contribution in [0.2, 0.25) is 5.02 Å². The van der Waals surface area contributed by atoms with Crippen LogP contribution in [0.5, 0.6) is 11.5 Å². The maximum atomic E-state index is 13.1. The Morgan fingerprint density at radius 3 is 2.70 bits per heavy atom. The van der Waals surface area contributed by atoms with Gasteiger partial charge in [-0.3, -0.25) is 4.79 Å². The molecule has 0 saturated heterocycles. The number of aromatic nitrogens is 1. The fourth-order valence-corrected chi connectivity index (χ4v) is 6.21. The predicted octanol–water partition coefficient (Wildman–Crippen LogP) is 5.45. The van der Waals surface area contributed by atoms with Crippen LogP contribution in [0.1, 0.15) is 9.67 Å². The molecular formula is C21H17ClN2O3S3. The molecule has 0 aliphatic carbocycles. The van der Waals surface area contributed by atoms with E-state index in [0.29, 0.717) is 27.9 Å². The molecule has 1 amide bonds. The molecule has 2 aromatic heterocycles. The highest BCUT2D eigenvalue weighted by Crippen LogP contribution is 2.37. The fourth-order valence-electron chi connectivity index (χ4n) is 3.38. The van der Waals surface area contributed by atoms with Gasteiger partial charge in [-0.2, -0.15) is 16.8 Å². The Morgan fingerprint density at radius 2 is 1.93 bits per heavy atom. The minimum absolute atomic E-state index is 0.317. The van der Waals surface area contributed by atoms with Crippen molar-refractivity contribution >= 4 is 72.2 Å². The number of thiophene rings is 1. The number of ether oxygens (including phenoxy) is 2. The molecule has 4 aromatic rings. The van der Waals surface area contributed by atoms with Gasteiger partial charge in [-0.15, -0.1) is 11.3 Å². The van der Waals surface area contributed by atoms with Crippen LogP contribution in [0.4, 0.5) is 0 Å². The summed E-state index contributed by atoms with van der Waals surface area (Å²) in [7, 11) is 0. The lowest BCUT2D eigenvalue weighted by Crippen LogP contribution is -2.18. The van der Waals surface area contributed by atoms with E-state index in [2.05, 4.69) is 15.8 Å². The summed E-state index contributed by atoms with van der Waals surface area (Å²) in [5.41, 5.74) is 0.993. The number of aryl methyl sites for hydroxylation is 1. The molecule has 0 saturated carbocycles. The van der Waals surface area contributed by atoms with Crippen molar-refractivity contribution in [3.63, 3.8) is 0 Å². The fraction of sp³-hybridized carbons (Fsp3) is 0.238. The number of benzene rings is 2. The molecule has 5 rings (SSSR count). The van der Waals surface area contributed by atoms with Gasteiger partial charge in [-0.25, -0.2) is 0 Å². The average molecular weight is 477 g/mol. The van der Waals surface area contributed by atoms with Gasteiger partial charge >= 0.3 is 0 Å². The second-order valence-electron chi connectivity index (χ2n) is 6.65. The van der Waals surface area contributed by atoms with Gasteiger partial charge in [0.25, 0.3) is 5.91 Å². The molecule has 0 unspecified atom stereocenters. The first-order valence-corrected chi connectivity index (χ1v) is 12.7. The Morgan fingerprint density at radius 1 is 1.17 bits per heavy atom. The number of amides is 1. The molecule has 3 heterocycles. The second kappa shape index (κ2) is 8.26. The minimum atomic E-state index is -0.317. The van der Waals surface area contributed by atoms with Crippen molar-refractivity contribution < 1.29 is 14.3 Å². The minimum Gasteiger partial charge on any atom is -0.486 e. The maximum absolute atomic E-state index is 13.1. The largest absolute Gasteiger partial charge is 0.486 e. The van der Waals surface area contributed by atoms with Gasteiger partial charge in [0.15, 0.2) is 16.3 Å². The van der Waals surface area contributed by atoms with Crippen LogP contribution in [-0.2, 0) is 6.54 Å². The van der Waals surface area contributed by atoms with E-state index in [-0.39, 0.29) is 5.91 Å². The molecule has 5 nitrogen and oxygen atoms in total. The zero-order valence-electron chi connectivity index (χ0n) is 16.0. The van der Waals surface area contributed by atoms with E-state index in [0.717, 1.165) is 44.1 Å². The van der Waals surface area contributed by atoms with Gasteiger partial charge < -0.3 is 14.0 Å². The van der Waals surface area contributed by atoms with Crippen molar-refractivity contribution in [2.45, 2.75) is 6.54 Å². The molecular weight excluding hydrogens is 460 g/mol. The van der Waals surface area contributed by atoms with Gasteiger partial charge in [0, 0.05) is 34.5 Å². The van der Waals surface area contributed by atoms with E-state index in [1.54, 1.807) is 11.8 Å². The lowest BCUT2D eigenvalue weighted by atomic mass is 10.2. The molecule has 0 atom stereocenters. The molecule has 1 aliphatic rings. The van der Waals surface area contributed by atoms with E-state index >= 15 is 0 Å². The van der Waals surface area contributed by atoms with Gasteiger partial charge in [0.05, 0.1) is 15.2 Å². The van der Waals surface area contributed by atoms with Crippen LogP contribution in [0.15, 0.2) is 41.4 Å². The first kappa shape index (κ1) is 19.9.